The first kappa shape index (κ1) is 23.2. The topological polar surface area (TPSA) is 77.4 Å². The van der Waals surface area contributed by atoms with E-state index in [0.717, 1.165) is 12.1 Å². The van der Waals surface area contributed by atoms with Crippen LogP contribution in [-0.4, -0.2) is 18.7 Å². The first-order chi connectivity index (χ1) is 15.1. The Morgan fingerprint density at radius 1 is 1.06 bits per heavy atom. The summed E-state index contributed by atoms with van der Waals surface area (Å²) < 4.78 is 61.2. The molecule has 0 fully saturated rings. The fraction of sp³-hybridized carbons (Fsp3) is 0.174. The lowest BCUT2D eigenvalue weighted by atomic mass is 10.00. The van der Waals surface area contributed by atoms with E-state index in [1.807, 2.05) is 0 Å². The Morgan fingerprint density at radius 3 is 2.44 bits per heavy atom. The number of halogens is 2. The summed E-state index contributed by atoms with van der Waals surface area (Å²) in [5.74, 6) is -1.76. The zero-order chi connectivity index (χ0) is 23.5. The second-order valence-electron chi connectivity index (χ2n) is 6.98. The SMILES string of the molecule is C/C=C/c1cc(=O)n(C)cc1-c1cc(NS(=O)(=O)CC)ccc1Oc1ccc(F)cc1F. The Balaban J connectivity index is 2.23. The Kier molecular flexibility index (Phi) is 6.78. The molecular weight excluding hydrogens is 438 g/mol. The van der Waals surface area contributed by atoms with Crippen molar-refractivity contribution in [2.75, 3.05) is 10.5 Å². The molecule has 0 amide bonds. The second kappa shape index (κ2) is 9.35. The smallest absolute Gasteiger partial charge is 0.250 e. The average molecular weight is 461 g/mol. The largest absolute Gasteiger partial charge is 0.454 e. The van der Waals surface area contributed by atoms with Crippen LogP contribution in [0.15, 0.2) is 59.5 Å². The predicted molar refractivity (Wildman–Crippen MR) is 121 cm³/mol. The van der Waals surface area contributed by atoms with Crippen molar-refractivity contribution in [2.45, 2.75) is 13.8 Å². The Bertz CT molecular complexity index is 1350. The summed E-state index contributed by atoms with van der Waals surface area (Å²) in [5.41, 5.74) is 1.57. The molecule has 1 heterocycles. The molecule has 0 aliphatic carbocycles. The average Bonchev–Trinajstić information content (AvgIpc) is 2.73. The van der Waals surface area contributed by atoms with Crippen molar-refractivity contribution in [1.82, 2.24) is 4.57 Å². The van der Waals surface area contributed by atoms with E-state index >= 15 is 0 Å². The van der Waals surface area contributed by atoms with Gasteiger partial charge in [0.2, 0.25) is 10.0 Å². The monoisotopic (exact) mass is 460 g/mol. The highest BCUT2D eigenvalue weighted by Gasteiger charge is 2.17. The van der Waals surface area contributed by atoms with Crippen LogP contribution in [0.5, 0.6) is 11.5 Å². The van der Waals surface area contributed by atoms with E-state index in [0.29, 0.717) is 22.8 Å². The first-order valence-corrected chi connectivity index (χ1v) is 11.4. The molecule has 0 spiro atoms. The van der Waals surface area contributed by atoms with Gasteiger partial charge in [-0.3, -0.25) is 9.52 Å². The summed E-state index contributed by atoms with van der Waals surface area (Å²) in [4.78, 5) is 12.2. The summed E-state index contributed by atoms with van der Waals surface area (Å²) in [6.45, 7) is 3.30. The minimum absolute atomic E-state index is 0.120. The Hall–Kier alpha value is -3.46. The van der Waals surface area contributed by atoms with Crippen LogP contribution in [0.4, 0.5) is 14.5 Å². The van der Waals surface area contributed by atoms with E-state index in [1.54, 1.807) is 32.3 Å². The van der Waals surface area contributed by atoms with Gasteiger partial charge in [0.25, 0.3) is 5.56 Å². The zero-order valence-electron chi connectivity index (χ0n) is 17.7. The Morgan fingerprint density at radius 2 is 1.78 bits per heavy atom. The molecule has 0 aliphatic rings. The number of ether oxygens (including phenoxy) is 1. The van der Waals surface area contributed by atoms with E-state index in [1.165, 1.54) is 35.8 Å². The van der Waals surface area contributed by atoms with Gasteiger partial charge in [-0.25, -0.2) is 17.2 Å². The van der Waals surface area contributed by atoms with Crippen LogP contribution in [0.2, 0.25) is 0 Å². The van der Waals surface area contributed by atoms with Crippen LogP contribution in [0.1, 0.15) is 19.4 Å². The molecule has 0 saturated heterocycles. The van der Waals surface area contributed by atoms with E-state index in [2.05, 4.69) is 4.72 Å². The van der Waals surface area contributed by atoms with Gasteiger partial charge in [-0.15, -0.1) is 0 Å². The third-order valence-corrected chi connectivity index (χ3v) is 5.95. The summed E-state index contributed by atoms with van der Waals surface area (Å²) in [5, 5.41) is 0. The van der Waals surface area contributed by atoms with Crippen molar-refractivity contribution >= 4 is 21.8 Å². The number of nitrogens with one attached hydrogen (secondary N) is 1. The maximum absolute atomic E-state index is 14.2. The standard InChI is InChI=1S/C23H22F2N2O4S/c1-4-6-15-11-23(28)27(3)14-19(15)18-13-17(26-32(29,30)5-2)8-10-21(18)31-22-9-7-16(24)12-20(22)25/h4,6-14,26H,5H2,1-3H3/b6-4+. The molecular formula is C23H22F2N2O4S. The summed E-state index contributed by atoms with van der Waals surface area (Å²) >= 11 is 0. The molecule has 0 bridgehead atoms. The number of nitrogens with zero attached hydrogens (tertiary/aromatic N) is 1. The molecule has 0 unspecified atom stereocenters. The molecule has 1 aromatic heterocycles. The fourth-order valence-corrected chi connectivity index (χ4v) is 3.64. The molecule has 2 aromatic carbocycles. The van der Waals surface area contributed by atoms with Gasteiger partial charge < -0.3 is 9.30 Å². The highest BCUT2D eigenvalue weighted by molar-refractivity contribution is 7.92. The van der Waals surface area contributed by atoms with Crippen LogP contribution in [0.25, 0.3) is 17.2 Å². The van der Waals surface area contributed by atoms with Gasteiger partial charge in [-0.2, -0.15) is 0 Å². The van der Waals surface area contributed by atoms with Crippen LogP contribution in [-0.2, 0) is 17.1 Å². The van der Waals surface area contributed by atoms with Crippen molar-refractivity contribution in [1.29, 1.82) is 0 Å². The zero-order valence-corrected chi connectivity index (χ0v) is 18.5. The molecule has 3 aromatic rings. The van der Waals surface area contributed by atoms with Gasteiger partial charge in [0, 0.05) is 42.2 Å². The number of anilines is 1. The molecule has 0 saturated carbocycles. The summed E-state index contributed by atoms with van der Waals surface area (Å²) in [6.07, 6.45) is 5.06. The molecule has 0 atom stereocenters. The summed E-state index contributed by atoms with van der Waals surface area (Å²) in [7, 11) is -1.97. The molecule has 1 N–H and O–H groups in total. The van der Waals surface area contributed by atoms with Crippen LogP contribution < -0.4 is 15.0 Å². The second-order valence-corrected chi connectivity index (χ2v) is 9.00. The molecule has 9 heteroatoms. The molecule has 6 nitrogen and oxygen atoms in total. The normalized spacial score (nSPS) is 11.7. The summed E-state index contributed by atoms with van der Waals surface area (Å²) in [6, 6.07) is 8.86. The third-order valence-electron chi connectivity index (χ3n) is 4.64. The number of hydrogen-bond donors (Lipinski definition) is 1. The van der Waals surface area contributed by atoms with Gasteiger partial charge in [-0.1, -0.05) is 12.2 Å². The predicted octanol–water partition coefficient (Wildman–Crippen LogP) is 4.92. The van der Waals surface area contributed by atoms with Gasteiger partial charge in [0.15, 0.2) is 11.6 Å². The quantitative estimate of drug-likeness (QED) is 0.543. The number of rotatable bonds is 7. The van der Waals surface area contributed by atoms with E-state index in [-0.39, 0.29) is 28.5 Å². The number of benzene rings is 2. The molecule has 168 valence electrons. The van der Waals surface area contributed by atoms with Crippen LogP contribution in [0.3, 0.4) is 0 Å². The van der Waals surface area contributed by atoms with E-state index in [4.69, 9.17) is 4.74 Å². The number of aryl methyl sites for hydroxylation is 1. The number of hydrogen-bond acceptors (Lipinski definition) is 4. The molecule has 0 aliphatic heterocycles. The van der Waals surface area contributed by atoms with E-state index < -0.39 is 21.7 Å². The lowest BCUT2D eigenvalue weighted by Gasteiger charge is -2.17. The van der Waals surface area contributed by atoms with Gasteiger partial charge in [0.1, 0.15) is 11.6 Å². The number of allylic oxidation sites excluding steroid dienone is 1. The van der Waals surface area contributed by atoms with Crippen molar-refractivity contribution in [3.8, 4) is 22.6 Å². The van der Waals surface area contributed by atoms with Crippen molar-refractivity contribution in [2.24, 2.45) is 7.05 Å². The van der Waals surface area contributed by atoms with Crippen molar-refractivity contribution in [3.63, 3.8) is 0 Å². The molecule has 0 radical (unpaired) electrons. The number of aromatic nitrogens is 1. The van der Waals surface area contributed by atoms with Gasteiger partial charge in [-0.05, 0) is 49.7 Å². The van der Waals surface area contributed by atoms with Crippen molar-refractivity contribution in [3.05, 3.63) is 82.3 Å². The maximum Gasteiger partial charge on any atom is 0.250 e. The number of pyridine rings is 1. The Labute approximate surface area is 184 Å². The lowest BCUT2D eigenvalue weighted by Crippen LogP contribution is -2.16. The minimum Gasteiger partial charge on any atom is -0.454 e. The van der Waals surface area contributed by atoms with Crippen LogP contribution in [0, 0.1) is 11.6 Å². The lowest BCUT2D eigenvalue weighted by molar-refractivity contribution is 0.439. The molecule has 32 heavy (non-hydrogen) atoms. The fourth-order valence-electron chi connectivity index (χ4n) is 3.01. The van der Waals surface area contributed by atoms with E-state index in [9.17, 15) is 22.0 Å². The third kappa shape index (κ3) is 5.23. The first-order valence-electron chi connectivity index (χ1n) is 9.74. The highest BCUT2D eigenvalue weighted by Crippen LogP contribution is 2.38. The minimum atomic E-state index is -3.55. The maximum atomic E-state index is 14.2. The van der Waals surface area contributed by atoms with Gasteiger partial charge >= 0.3 is 0 Å². The van der Waals surface area contributed by atoms with Gasteiger partial charge in [0.05, 0.1) is 5.75 Å². The van der Waals surface area contributed by atoms with Crippen molar-refractivity contribution < 1.29 is 21.9 Å². The molecule has 3 rings (SSSR count). The number of sulfonamides is 1. The van der Waals surface area contributed by atoms with Crippen LogP contribution >= 0.6 is 0 Å². The highest BCUT2D eigenvalue weighted by atomic mass is 32.2.